The summed E-state index contributed by atoms with van der Waals surface area (Å²) in [5.41, 5.74) is 1.54. The predicted molar refractivity (Wildman–Crippen MR) is 88.7 cm³/mol. The molecule has 0 aliphatic rings. The lowest BCUT2D eigenvalue weighted by Crippen LogP contribution is -2.28. The molecule has 2 aromatic carbocycles. The molecule has 25 heavy (non-hydrogen) atoms. The Morgan fingerprint density at radius 3 is 2.80 bits per heavy atom. The molecule has 1 aromatic heterocycles. The second kappa shape index (κ2) is 7.31. The molecule has 0 aliphatic heterocycles. The number of carbonyl (C=O) groups excluding carboxylic acids is 1. The highest BCUT2D eigenvalue weighted by Crippen LogP contribution is 2.21. The minimum atomic E-state index is -2.94. The number of aromatic nitrogens is 1. The molecule has 1 heterocycles. The number of carbonyl (C=O) groups is 1. The van der Waals surface area contributed by atoms with Crippen LogP contribution in [0.25, 0.3) is 10.9 Å². The number of aliphatic hydroxyl groups is 1. The van der Waals surface area contributed by atoms with E-state index in [0.717, 1.165) is 5.39 Å². The first kappa shape index (κ1) is 16.9. The van der Waals surface area contributed by atoms with Gasteiger partial charge < -0.3 is 20.1 Å². The summed E-state index contributed by atoms with van der Waals surface area (Å²) in [6.45, 7) is -3.00. The van der Waals surface area contributed by atoms with Crippen molar-refractivity contribution in [2.75, 3.05) is 6.54 Å². The van der Waals surface area contributed by atoms with E-state index in [2.05, 4.69) is 15.0 Å². The lowest BCUT2D eigenvalue weighted by molar-refractivity contribution is -0.0499. The molecule has 0 saturated heterocycles. The van der Waals surface area contributed by atoms with Crippen LogP contribution in [-0.4, -0.2) is 29.2 Å². The fraction of sp³-hybridized carbons (Fsp3) is 0.167. The van der Waals surface area contributed by atoms with Crippen LogP contribution in [0.4, 0.5) is 8.78 Å². The van der Waals surface area contributed by atoms with Gasteiger partial charge in [0.25, 0.3) is 5.91 Å². The Kier molecular flexibility index (Phi) is 4.95. The van der Waals surface area contributed by atoms with Crippen molar-refractivity contribution >= 4 is 16.8 Å². The second-order valence-corrected chi connectivity index (χ2v) is 5.42. The van der Waals surface area contributed by atoms with Crippen LogP contribution >= 0.6 is 0 Å². The largest absolute Gasteiger partial charge is 0.435 e. The van der Waals surface area contributed by atoms with E-state index in [1.165, 1.54) is 18.2 Å². The molecule has 1 atom stereocenters. The van der Waals surface area contributed by atoms with Crippen molar-refractivity contribution in [2.45, 2.75) is 12.7 Å². The van der Waals surface area contributed by atoms with Gasteiger partial charge in [-0.1, -0.05) is 24.3 Å². The Morgan fingerprint density at radius 2 is 2.00 bits per heavy atom. The minimum Gasteiger partial charge on any atom is -0.435 e. The first-order valence-electron chi connectivity index (χ1n) is 7.62. The van der Waals surface area contributed by atoms with Crippen LogP contribution < -0.4 is 10.1 Å². The standard InChI is InChI=1S/C18H16F2N2O3/c19-18(20)25-13-5-1-4-12(9-13)15(23)10-22-17(24)14-6-2-3-11-7-8-21-16(11)14/h1-9,15,18,21,23H,10H2,(H,22,24). The van der Waals surface area contributed by atoms with Gasteiger partial charge in [0.1, 0.15) is 5.75 Å². The number of aromatic amines is 1. The van der Waals surface area contributed by atoms with Gasteiger partial charge in [0.2, 0.25) is 0 Å². The maximum Gasteiger partial charge on any atom is 0.387 e. The number of alkyl halides is 2. The molecule has 0 spiro atoms. The van der Waals surface area contributed by atoms with Crippen LogP contribution in [0.2, 0.25) is 0 Å². The number of aliphatic hydroxyl groups excluding tert-OH is 1. The molecular weight excluding hydrogens is 330 g/mol. The Labute approximate surface area is 142 Å². The Bertz CT molecular complexity index is 879. The molecule has 0 fully saturated rings. The lowest BCUT2D eigenvalue weighted by atomic mass is 10.1. The number of H-pyrrole nitrogens is 1. The van der Waals surface area contributed by atoms with Crippen molar-refractivity contribution in [3.63, 3.8) is 0 Å². The molecule has 0 radical (unpaired) electrons. The Balaban J connectivity index is 1.67. The van der Waals surface area contributed by atoms with Crippen LogP contribution in [0, 0.1) is 0 Å². The number of benzene rings is 2. The van der Waals surface area contributed by atoms with E-state index in [1.54, 1.807) is 24.4 Å². The van der Waals surface area contributed by atoms with Crippen molar-refractivity contribution in [3.8, 4) is 5.75 Å². The zero-order chi connectivity index (χ0) is 17.8. The third-order valence-electron chi connectivity index (χ3n) is 3.76. The number of nitrogens with one attached hydrogen (secondary N) is 2. The molecule has 1 amide bonds. The van der Waals surface area contributed by atoms with Gasteiger partial charge in [-0.05, 0) is 29.8 Å². The summed E-state index contributed by atoms with van der Waals surface area (Å²) in [5, 5.41) is 13.7. The smallest absolute Gasteiger partial charge is 0.387 e. The molecule has 1 unspecified atom stereocenters. The molecule has 7 heteroatoms. The first-order valence-corrected chi connectivity index (χ1v) is 7.62. The summed E-state index contributed by atoms with van der Waals surface area (Å²) in [6, 6.07) is 12.9. The van der Waals surface area contributed by atoms with Gasteiger partial charge in [-0.3, -0.25) is 4.79 Å². The van der Waals surface area contributed by atoms with Gasteiger partial charge in [-0.25, -0.2) is 0 Å². The van der Waals surface area contributed by atoms with E-state index >= 15 is 0 Å². The number of rotatable bonds is 6. The van der Waals surface area contributed by atoms with E-state index in [0.29, 0.717) is 16.6 Å². The highest BCUT2D eigenvalue weighted by Gasteiger charge is 2.14. The summed E-state index contributed by atoms with van der Waals surface area (Å²) in [4.78, 5) is 15.3. The van der Waals surface area contributed by atoms with E-state index < -0.39 is 12.7 Å². The molecule has 5 nitrogen and oxygen atoms in total. The van der Waals surface area contributed by atoms with Gasteiger partial charge in [0.05, 0.1) is 17.2 Å². The SMILES string of the molecule is O=C(NCC(O)c1cccc(OC(F)F)c1)c1cccc2cc[nH]c12. The number of amides is 1. The van der Waals surface area contributed by atoms with Crippen LogP contribution in [0.1, 0.15) is 22.0 Å². The lowest BCUT2D eigenvalue weighted by Gasteiger charge is -2.14. The van der Waals surface area contributed by atoms with Crippen LogP contribution in [0.15, 0.2) is 54.7 Å². The zero-order valence-corrected chi connectivity index (χ0v) is 13.1. The van der Waals surface area contributed by atoms with Gasteiger partial charge in [0.15, 0.2) is 0 Å². The van der Waals surface area contributed by atoms with Crippen molar-refractivity contribution in [1.29, 1.82) is 0 Å². The fourth-order valence-electron chi connectivity index (χ4n) is 2.57. The number of halogens is 2. The molecule has 3 N–H and O–H groups in total. The van der Waals surface area contributed by atoms with Crippen molar-refractivity contribution in [2.24, 2.45) is 0 Å². The van der Waals surface area contributed by atoms with Gasteiger partial charge in [-0.15, -0.1) is 0 Å². The van der Waals surface area contributed by atoms with Crippen molar-refractivity contribution < 1.29 is 23.4 Å². The van der Waals surface area contributed by atoms with Crippen LogP contribution in [0.5, 0.6) is 5.75 Å². The average Bonchev–Trinajstić information content (AvgIpc) is 3.07. The van der Waals surface area contributed by atoms with E-state index in [1.807, 2.05) is 12.1 Å². The second-order valence-electron chi connectivity index (χ2n) is 5.42. The maximum absolute atomic E-state index is 12.3. The average molecular weight is 346 g/mol. The molecule has 130 valence electrons. The third-order valence-corrected chi connectivity index (χ3v) is 3.76. The number of hydrogen-bond donors (Lipinski definition) is 3. The summed E-state index contributed by atoms with van der Waals surface area (Å²) in [7, 11) is 0. The predicted octanol–water partition coefficient (Wildman–Crippen LogP) is 3.23. The summed E-state index contributed by atoms with van der Waals surface area (Å²) in [5.74, 6) is -0.388. The maximum atomic E-state index is 12.3. The molecule has 0 aliphatic carbocycles. The number of hydrogen-bond acceptors (Lipinski definition) is 3. The van der Waals surface area contributed by atoms with Gasteiger partial charge >= 0.3 is 6.61 Å². The number of fused-ring (bicyclic) bond motifs is 1. The van der Waals surface area contributed by atoms with E-state index in [-0.39, 0.29) is 18.2 Å². The summed E-state index contributed by atoms with van der Waals surface area (Å²) >= 11 is 0. The van der Waals surface area contributed by atoms with Gasteiger partial charge in [0, 0.05) is 18.1 Å². The van der Waals surface area contributed by atoms with Crippen molar-refractivity contribution in [1.82, 2.24) is 10.3 Å². The quantitative estimate of drug-likeness (QED) is 0.641. The topological polar surface area (TPSA) is 74.3 Å². The van der Waals surface area contributed by atoms with Crippen LogP contribution in [0.3, 0.4) is 0 Å². The van der Waals surface area contributed by atoms with Crippen LogP contribution in [-0.2, 0) is 0 Å². The third kappa shape index (κ3) is 3.95. The highest BCUT2D eigenvalue weighted by atomic mass is 19.3. The van der Waals surface area contributed by atoms with Gasteiger partial charge in [-0.2, -0.15) is 8.78 Å². The normalized spacial score (nSPS) is 12.3. The molecule has 0 bridgehead atoms. The Hall–Kier alpha value is -2.93. The fourth-order valence-corrected chi connectivity index (χ4v) is 2.57. The van der Waals surface area contributed by atoms with Crippen molar-refractivity contribution in [3.05, 3.63) is 65.9 Å². The highest BCUT2D eigenvalue weighted by molar-refractivity contribution is 6.05. The summed E-state index contributed by atoms with van der Waals surface area (Å²) in [6.07, 6.45) is 0.693. The number of para-hydroxylation sites is 1. The van der Waals surface area contributed by atoms with E-state index in [9.17, 15) is 18.7 Å². The zero-order valence-electron chi connectivity index (χ0n) is 13.1. The van der Waals surface area contributed by atoms with E-state index in [4.69, 9.17) is 0 Å². The molecule has 0 saturated carbocycles. The molecule has 3 rings (SSSR count). The molecule has 3 aromatic rings. The molecular formula is C18H16F2N2O3. The summed E-state index contributed by atoms with van der Waals surface area (Å²) < 4.78 is 28.8. The number of ether oxygens (including phenoxy) is 1. The monoisotopic (exact) mass is 346 g/mol. The minimum absolute atomic E-state index is 0.0472. The first-order chi connectivity index (χ1) is 12.0. The Morgan fingerprint density at radius 1 is 1.20 bits per heavy atom.